The Labute approximate surface area is 130 Å². The number of aryl methyl sites for hydroxylation is 2. The molecular weight excluding hydrogens is 276 g/mol. The lowest BCUT2D eigenvalue weighted by Crippen LogP contribution is -2.14. The molecule has 0 spiro atoms. The molecule has 2 aromatic carbocycles. The summed E-state index contributed by atoms with van der Waals surface area (Å²) < 4.78 is 0. The molecule has 2 amide bonds. The molecule has 2 aromatic rings. The molecule has 0 bridgehead atoms. The van der Waals surface area contributed by atoms with E-state index in [0.29, 0.717) is 11.1 Å². The van der Waals surface area contributed by atoms with Crippen molar-refractivity contribution in [2.75, 3.05) is 0 Å². The standard InChI is InChI=1S/C18H20N2O2/c19-17(21)15-11-5-3-9-13(15)7-1-2-8-14-10-4-6-12-16(14)18(20)22/h3-6,9-12H,1-2,7-8H2,(H2,19,21)(H2,20,22). The molecule has 4 heteroatoms. The zero-order chi connectivity index (χ0) is 15.9. The number of amides is 2. The zero-order valence-electron chi connectivity index (χ0n) is 12.4. The van der Waals surface area contributed by atoms with Crippen molar-refractivity contribution in [1.29, 1.82) is 0 Å². The van der Waals surface area contributed by atoms with E-state index in [4.69, 9.17) is 11.5 Å². The SMILES string of the molecule is NC(=O)c1ccccc1CCCCc1ccccc1C(N)=O. The van der Waals surface area contributed by atoms with Crippen LogP contribution in [0.5, 0.6) is 0 Å². The highest BCUT2D eigenvalue weighted by molar-refractivity contribution is 5.94. The van der Waals surface area contributed by atoms with Gasteiger partial charge in [0.05, 0.1) is 0 Å². The molecule has 0 heterocycles. The fraction of sp³-hybridized carbons (Fsp3) is 0.222. The summed E-state index contributed by atoms with van der Waals surface area (Å²) in [7, 11) is 0. The Morgan fingerprint density at radius 2 is 1.05 bits per heavy atom. The van der Waals surface area contributed by atoms with Crippen molar-refractivity contribution in [3.05, 3.63) is 70.8 Å². The minimum absolute atomic E-state index is 0.394. The molecular formula is C18H20N2O2. The number of benzene rings is 2. The monoisotopic (exact) mass is 296 g/mol. The first-order valence-corrected chi connectivity index (χ1v) is 7.35. The van der Waals surface area contributed by atoms with Gasteiger partial charge in [0.1, 0.15) is 0 Å². The minimum atomic E-state index is -0.394. The molecule has 0 atom stereocenters. The molecule has 0 aliphatic rings. The maximum absolute atomic E-state index is 11.4. The molecule has 22 heavy (non-hydrogen) atoms. The van der Waals surface area contributed by atoms with E-state index in [9.17, 15) is 9.59 Å². The van der Waals surface area contributed by atoms with Gasteiger partial charge in [-0.2, -0.15) is 0 Å². The second-order valence-corrected chi connectivity index (χ2v) is 5.25. The summed E-state index contributed by atoms with van der Waals surface area (Å²) in [6.45, 7) is 0. The first-order valence-electron chi connectivity index (χ1n) is 7.35. The van der Waals surface area contributed by atoms with Gasteiger partial charge in [-0.1, -0.05) is 36.4 Å². The molecule has 0 aliphatic carbocycles. The molecule has 0 saturated heterocycles. The predicted octanol–water partition coefficient (Wildman–Crippen LogP) is 2.45. The fourth-order valence-corrected chi connectivity index (χ4v) is 2.59. The van der Waals surface area contributed by atoms with Crippen LogP contribution in [0.3, 0.4) is 0 Å². The first kappa shape index (κ1) is 15.8. The van der Waals surface area contributed by atoms with Gasteiger partial charge in [-0.25, -0.2) is 0 Å². The Bertz CT molecular complexity index is 621. The first-order chi connectivity index (χ1) is 10.6. The average molecular weight is 296 g/mol. The van der Waals surface area contributed by atoms with Crippen molar-refractivity contribution in [3.8, 4) is 0 Å². The maximum Gasteiger partial charge on any atom is 0.248 e. The van der Waals surface area contributed by atoms with Gasteiger partial charge in [0.25, 0.3) is 0 Å². The molecule has 4 nitrogen and oxygen atoms in total. The Morgan fingerprint density at radius 3 is 1.41 bits per heavy atom. The number of hydrogen-bond acceptors (Lipinski definition) is 2. The van der Waals surface area contributed by atoms with Crippen LogP contribution >= 0.6 is 0 Å². The quantitative estimate of drug-likeness (QED) is 0.769. The van der Waals surface area contributed by atoms with Gasteiger partial charge in [0.15, 0.2) is 0 Å². The van der Waals surface area contributed by atoms with E-state index >= 15 is 0 Å². The Hall–Kier alpha value is -2.62. The molecule has 0 radical (unpaired) electrons. The largest absolute Gasteiger partial charge is 0.366 e. The van der Waals surface area contributed by atoms with Gasteiger partial charge in [0.2, 0.25) is 11.8 Å². The van der Waals surface area contributed by atoms with Crippen LogP contribution in [-0.2, 0) is 12.8 Å². The van der Waals surface area contributed by atoms with Crippen LogP contribution in [0.1, 0.15) is 44.7 Å². The summed E-state index contributed by atoms with van der Waals surface area (Å²) in [5.41, 5.74) is 13.9. The number of carbonyl (C=O) groups excluding carboxylic acids is 2. The number of carbonyl (C=O) groups is 2. The number of hydrogen-bond donors (Lipinski definition) is 2. The topological polar surface area (TPSA) is 86.2 Å². The molecule has 2 rings (SSSR count). The lowest BCUT2D eigenvalue weighted by atomic mass is 9.97. The lowest BCUT2D eigenvalue weighted by Gasteiger charge is -2.08. The van der Waals surface area contributed by atoms with E-state index in [1.165, 1.54) is 0 Å². The fourth-order valence-electron chi connectivity index (χ4n) is 2.59. The smallest absolute Gasteiger partial charge is 0.248 e. The maximum atomic E-state index is 11.4. The van der Waals surface area contributed by atoms with Crippen molar-refractivity contribution in [2.24, 2.45) is 11.5 Å². The van der Waals surface area contributed by atoms with Gasteiger partial charge < -0.3 is 11.5 Å². The minimum Gasteiger partial charge on any atom is -0.366 e. The van der Waals surface area contributed by atoms with Crippen LogP contribution < -0.4 is 11.5 Å². The third kappa shape index (κ3) is 3.95. The Morgan fingerprint density at radius 1 is 0.682 bits per heavy atom. The highest BCUT2D eigenvalue weighted by Crippen LogP contribution is 2.15. The van der Waals surface area contributed by atoms with E-state index in [0.717, 1.165) is 36.8 Å². The van der Waals surface area contributed by atoms with Crippen LogP contribution in [0.4, 0.5) is 0 Å². The van der Waals surface area contributed by atoms with Crippen molar-refractivity contribution < 1.29 is 9.59 Å². The average Bonchev–Trinajstić information content (AvgIpc) is 2.52. The van der Waals surface area contributed by atoms with Crippen LogP contribution in [0.15, 0.2) is 48.5 Å². The Kier molecular flexibility index (Phi) is 5.31. The summed E-state index contributed by atoms with van der Waals surface area (Å²) in [6.07, 6.45) is 3.41. The number of unbranched alkanes of at least 4 members (excludes halogenated alkanes) is 1. The molecule has 0 aromatic heterocycles. The van der Waals surface area contributed by atoms with E-state index in [1.54, 1.807) is 12.1 Å². The van der Waals surface area contributed by atoms with Crippen LogP contribution in [-0.4, -0.2) is 11.8 Å². The number of primary amides is 2. The molecule has 114 valence electrons. The van der Waals surface area contributed by atoms with Crippen molar-refractivity contribution in [1.82, 2.24) is 0 Å². The van der Waals surface area contributed by atoms with Crippen LogP contribution in [0.2, 0.25) is 0 Å². The molecule has 0 unspecified atom stereocenters. The highest BCUT2D eigenvalue weighted by Gasteiger charge is 2.08. The van der Waals surface area contributed by atoms with E-state index in [2.05, 4.69) is 0 Å². The summed E-state index contributed by atoms with van der Waals surface area (Å²) in [5, 5.41) is 0. The van der Waals surface area contributed by atoms with E-state index in [-0.39, 0.29) is 0 Å². The zero-order valence-corrected chi connectivity index (χ0v) is 12.4. The normalized spacial score (nSPS) is 10.4. The van der Waals surface area contributed by atoms with E-state index in [1.807, 2.05) is 36.4 Å². The van der Waals surface area contributed by atoms with Gasteiger partial charge >= 0.3 is 0 Å². The second-order valence-electron chi connectivity index (χ2n) is 5.25. The van der Waals surface area contributed by atoms with Crippen molar-refractivity contribution >= 4 is 11.8 Å². The van der Waals surface area contributed by atoms with Gasteiger partial charge in [-0.05, 0) is 48.9 Å². The van der Waals surface area contributed by atoms with E-state index < -0.39 is 11.8 Å². The summed E-state index contributed by atoms with van der Waals surface area (Å²) >= 11 is 0. The van der Waals surface area contributed by atoms with Crippen molar-refractivity contribution in [2.45, 2.75) is 25.7 Å². The lowest BCUT2D eigenvalue weighted by molar-refractivity contribution is 0.0990. The number of rotatable bonds is 7. The molecule has 4 N–H and O–H groups in total. The van der Waals surface area contributed by atoms with Crippen LogP contribution in [0.25, 0.3) is 0 Å². The summed E-state index contributed by atoms with van der Waals surface area (Å²) in [5.74, 6) is -0.788. The molecule has 0 aliphatic heterocycles. The third-order valence-corrected chi connectivity index (χ3v) is 3.71. The van der Waals surface area contributed by atoms with Gasteiger partial charge in [-0.15, -0.1) is 0 Å². The summed E-state index contributed by atoms with van der Waals surface area (Å²) in [6, 6.07) is 14.8. The molecule has 0 saturated carbocycles. The number of nitrogens with two attached hydrogens (primary N) is 2. The van der Waals surface area contributed by atoms with Crippen molar-refractivity contribution in [3.63, 3.8) is 0 Å². The second kappa shape index (κ2) is 7.41. The van der Waals surface area contributed by atoms with Crippen LogP contribution in [0, 0.1) is 0 Å². The Balaban J connectivity index is 1.93. The summed E-state index contributed by atoms with van der Waals surface area (Å²) in [4.78, 5) is 22.7. The molecule has 0 fully saturated rings. The van der Waals surface area contributed by atoms with Gasteiger partial charge in [0, 0.05) is 11.1 Å². The van der Waals surface area contributed by atoms with Gasteiger partial charge in [-0.3, -0.25) is 9.59 Å². The highest BCUT2D eigenvalue weighted by atomic mass is 16.1. The predicted molar refractivity (Wildman–Crippen MR) is 86.6 cm³/mol. The third-order valence-electron chi connectivity index (χ3n) is 3.71.